The normalized spacial score (nSPS) is 13.6. The number of non-ortho nitro benzene ring substituents is 1. The lowest BCUT2D eigenvalue weighted by atomic mass is 10.2. The second-order valence-electron chi connectivity index (χ2n) is 6.34. The molecule has 3 rings (SSSR count). The van der Waals surface area contributed by atoms with Crippen molar-refractivity contribution in [3.8, 4) is 0 Å². The van der Waals surface area contributed by atoms with Gasteiger partial charge >= 0.3 is 0 Å². The summed E-state index contributed by atoms with van der Waals surface area (Å²) >= 11 is 3.20. The summed E-state index contributed by atoms with van der Waals surface area (Å²) in [5, 5.41) is 13.5. The highest BCUT2D eigenvalue weighted by Crippen LogP contribution is 2.30. The van der Waals surface area contributed by atoms with Crippen molar-refractivity contribution in [3.63, 3.8) is 0 Å². The Labute approximate surface area is 162 Å². The van der Waals surface area contributed by atoms with Crippen molar-refractivity contribution in [1.29, 1.82) is 0 Å². The number of nitrogens with zero attached hydrogens (tertiary/aromatic N) is 2. The van der Waals surface area contributed by atoms with Crippen LogP contribution in [0.4, 0.5) is 20.2 Å². The lowest BCUT2D eigenvalue weighted by Gasteiger charge is -2.22. The third-order valence-electron chi connectivity index (χ3n) is 4.24. The molecule has 2 aromatic rings. The van der Waals surface area contributed by atoms with Crippen molar-refractivity contribution in [2.75, 3.05) is 11.9 Å². The Morgan fingerprint density at radius 2 is 2.00 bits per heavy atom. The molecule has 0 saturated heterocycles. The molecular formula is C18H16BrF2N3O3. The van der Waals surface area contributed by atoms with Crippen molar-refractivity contribution in [3.05, 3.63) is 68.2 Å². The Hall–Kier alpha value is -2.39. The van der Waals surface area contributed by atoms with Crippen LogP contribution < -0.4 is 5.32 Å². The first-order valence-corrected chi connectivity index (χ1v) is 9.04. The number of halogens is 3. The number of hydrogen-bond donors (Lipinski definition) is 1. The third-order valence-corrected chi connectivity index (χ3v) is 4.89. The predicted octanol–water partition coefficient (Wildman–Crippen LogP) is 4.24. The van der Waals surface area contributed by atoms with Gasteiger partial charge in [0.25, 0.3) is 5.69 Å². The Kier molecular flexibility index (Phi) is 5.81. The number of rotatable bonds is 7. The van der Waals surface area contributed by atoms with Crippen molar-refractivity contribution in [2.45, 2.75) is 25.4 Å². The number of amides is 1. The van der Waals surface area contributed by atoms with E-state index in [1.165, 1.54) is 30.3 Å². The van der Waals surface area contributed by atoms with E-state index in [2.05, 4.69) is 21.2 Å². The highest BCUT2D eigenvalue weighted by Gasteiger charge is 2.31. The van der Waals surface area contributed by atoms with Crippen LogP contribution in [0.5, 0.6) is 0 Å². The van der Waals surface area contributed by atoms with E-state index in [0.29, 0.717) is 15.7 Å². The second-order valence-corrected chi connectivity index (χ2v) is 7.20. The minimum Gasteiger partial charge on any atom is -0.324 e. The maximum absolute atomic E-state index is 13.9. The fraction of sp³-hybridized carbons (Fsp3) is 0.278. The largest absolute Gasteiger partial charge is 0.324 e. The van der Waals surface area contributed by atoms with E-state index < -0.39 is 16.6 Å². The van der Waals surface area contributed by atoms with Crippen molar-refractivity contribution >= 4 is 33.2 Å². The average molecular weight is 440 g/mol. The van der Waals surface area contributed by atoms with Crippen LogP contribution >= 0.6 is 15.9 Å². The van der Waals surface area contributed by atoms with Gasteiger partial charge in [-0.3, -0.25) is 19.8 Å². The molecule has 0 radical (unpaired) electrons. The summed E-state index contributed by atoms with van der Waals surface area (Å²) in [4.78, 5) is 24.5. The van der Waals surface area contributed by atoms with Gasteiger partial charge in [-0.25, -0.2) is 8.78 Å². The van der Waals surface area contributed by atoms with Gasteiger partial charge in [-0.05, 0) is 40.9 Å². The number of benzene rings is 2. The molecule has 1 aliphatic carbocycles. The van der Waals surface area contributed by atoms with Crippen LogP contribution in [-0.2, 0) is 11.3 Å². The Morgan fingerprint density at radius 3 is 2.59 bits per heavy atom. The van der Waals surface area contributed by atoms with Gasteiger partial charge in [0.2, 0.25) is 5.91 Å². The third kappa shape index (κ3) is 5.08. The Balaban J connectivity index is 1.66. The van der Waals surface area contributed by atoms with E-state index in [1.54, 1.807) is 0 Å². The summed E-state index contributed by atoms with van der Waals surface area (Å²) in [5.74, 6) is -1.60. The van der Waals surface area contributed by atoms with Gasteiger partial charge in [0.15, 0.2) is 0 Å². The lowest BCUT2D eigenvalue weighted by molar-refractivity contribution is -0.384. The standard InChI is InChI=1S/C18H16BrF2N3O3/c19-15-8-14(24(26)27)5-6-17(15)22-18(25)10-23(13-3-4-13)9-11-1-2-12(20)7-16(11)21/h1-2,5-8,13H,3-4,9-10H2,(H,22,25). The van der Waals surface area contributed by atoms with E-state index >= 15 is 0 Å². The summed E-state index contributed by atoms with van der Waals surface area (Å²) in [6.07, 6.45) is 1.83. The molecule has 1 N–H and O–H groups in total. The zero-order chi connectivity index (χ0) is 19.6. The quantitative estimate of drug-likeness (QED) is 0.517. The van der Waals surface area contributed by atoms with Crippen LogP contribution in [0.15, 0.2) is 40.9 Å². The Bertz CT molecular complexity index is 890. The molecule has 2 aromatic carbocycles. The lowest BCUT2D eigenvalue weighted by Crippen LogP contribution is -2.34. The molecule has 0 spiro atoms. The van der Waals surface area contributed by atoms with Crippen LogP contribution in [0, 0.1) is 21.7 Å². The molecular weight excluding hydrogens is 424 g/mol. The SMILES string of the molecule is O=C(CN(Cc1ccc(F)cc1F)C1CC1)Nc1ccc([N+](=O)[O-])cc1Br. The van der Waals surface area contributed by atoms with Gasteiger partial charge in [-0.2, -0.15) is 0 Å². The van der Waals surface area contributed by atoms with E-state index in [9.17, 15) is 23.7 Å². The van der Waals surface area contributed by atoms with Gasteiger partial charge in [-0.15, -0.1) is 0 Å². The summed E-state index contributed by atoms with van der Waals surface area (Å²) in [7, 11) is 0. The molecule has 0 atom stereocenters. The Morgan fingerprint density at radius 1 is 1.26 bits per heavy atom. The molecule has 6 nitrogen and oxygen atoms in total. The average Bonchev–Trinajstić information content (AvgIpc) is 3.43. The maximum atomic E-state index is 13.9. The maximum Gasteiger partial charge on any atom is 0.270 e. The molecule has 1 amide bonds. The number of hydrogen-bond acceptors (Lipinski definition) is 4. The summed E-state index contributed by atoms with van der Waals surface area (Å²) < 4.78 is 27.4. The summed E-state index contributed by atoms with van der Waals surface area (Å²) in [6, 6.07) is 7.63. The first-order valence-electron chi connectivity index (χ1n) is 8.25. The molecule has 0 bridgehead atoms. The molecule has 0 aliphatic heterocycles. The number of carbonyl (C=O) groups is 1. The minimum atomic E-state index is -0.644. The molecule has 27 heavy (non-hydrogen) atoms. The van der Waals surface area contributed by atoms with E-state index in [1.807, 2.05) is 4.90 Å². The van der Waals surface area contributed by atoms with Gasteiger partial charge in [0.1, 0.15) is 11.6 Å². The number of nitrogens with one attached hydrogen (secondary N) is 1. The minimum absolute atomic E-state index is 0.0326. The van der Waals surface area contributed by atoms with Crippen LogP contribution in [0.1, 0.15) is 18.4 Å². The monoisotopic (exact) mass is 439 g/mol. The van der Waals surface area contributed by atoms with Gasteiger partial charge in [-0.1, -0.05) is 6.07 Å². The zero-order valence-electron chi connectivity index (χ0n) is 14.1. The molecule has 0 heterocycles. The predicted molar refractivity (Wildman–Crippen MR) is 99.2 cm³/mol. The van der Waals surface area contributed by atoms with Gasteiger partial charge in [0.05, 0.1) is 17.2 Å². The van der Waals surface area contributed by atoms with Crippen molar-refractivity contribution in [1.82, 2.24) is 4.90 Å². The van der Waals surface area contributed by atoms with E-state index in [0.717, 1.165) is 18.9 Å². The fourth-order valence-electron chi connectivity index (χ4n) is 2.72. The highest BCUT2D eigenvalue weighted by molar-refractivity contribution is 9.10. The molecule has 142 valence electrons. The van der Waals surface area contributed by atoms with Crippen LogP contribution in [-0.4, -0.2) is 28.3 Å². The highest BCUT2D eigenvalue weighted by atomic mass is 79.9. The molecule has 0 aromatic heterocycles. The van der Waals surface area contributed by atoms with Gasteiger partial charge < -0.3 is 5.32 Å². The molecule has 9 heteroatoms. The number of carbonyl (C=O) groups excluding carboxylic acids is 1. The number of anilines is 1. The zero-order valence-corrected chi connectivity index (χ0v) is 15.7. The van der Waals surface area contributed by atoms with Gasteiger partial charge in [0, 0.05) is 40.8 Å². The summed E-state index contributed by atoms with van der Waals surface area (Å²) in [5.41, 5.74) is 0.646. The second kappa shape index (κ2) is 8.10. The first kappa shape index (κ1) is 19.4. The molecule has 1 saturated carbocycles. The fourth-order valence-corrected chi connectivity index (χ4v) is 3.18. The number of nitro groups is 1. The molecule has 0 unspecified atom stereocenters. The summed E-state index contributed by atoms with van der Waals surface area (Å²) in [6.45, 7) is 0.233. The number of nitro benzene ring substituents is 1. The van der Waals surface area contributed by atoms with Crippen LogP contribution in [0.3, 0.4) is 0 Å². The molecule has 1 fully saturated rings. The smallest absolute Gasteiger partial charge is 0.270 e. The molecule has 1 aliphatic rings. The van der Waals surface area contributed by atoms with Crippen LogP contribution in [0.25, 0.3) is 0 Å². The van der Waals surface area contributed by atoms with E-state index in [-0.39, 0.29) is 30.7 Å². The van der Waals surface area contributed by atoms with Crippen molar-refractivity contribution < 1.29 is 18.5 Å². The topological polar surface area (TPSA) is 75.5 Å². The van der Waals surface area contributed by atoms with Crippen LogP contribution in [0.2, 0.25) is 0 Å². The van der Waals surface area contributed by atoms with Crippen molar-refractivity contribution in [2.24, 2.45) is 0 Å². The van der Waals surface area contributed by atoms with E-state index in [4.69, 9.17) is 0 Å². The first-order chi connectivity index (χ1) is 12.8.